The molecule has 0 radical (unpaired) electrons. The third-order valence-electron chi connectivity index (χ3n) is 20.9. The summed E-state index contributed by atoms with van der Waals surface area (Å²) in [6, 6.07) is 0. The zero-order valence-corrected chi connectivity index (χ0v) is 61.7. The summed E-state index contributed by atoms with van der Waals surface area (Å²) in [5.41, 5.74) is 0. The Balaban J connectivity index is 0.000000584. The van der Waals surface area contributed by atoms with Crippen molar-refractivity contribution >= 4 is 0 Å². The second-order valence-electron chi connectivity index (χ2n) is 29.6. The van der Waals surface area contributed by atoms with Gasteiger partial charge in [-0.15, -0.1) is 0 Å². The highest BCUT2D eigenvalue weighted by Crippen LogP contribution is 2.20. The van der Waals surface area contributed by atoms with E-state index in [2.05, 4.69) is 47.3 Å². The molecule has 0 atom stereocenters. The lowest BCUT2D eigenvalue weighted by molar-refractivity contribution is 0.277. The first-order valence-electron chi connectivity index (χ1n) is 42.1. The molecule has 4 rings (SSSR count). The Kier molecular flexibility index (Phi) is 73.0. The standard InChI is InChI=1S/C24H49N.C22H45N.C20H41N.C17H35N/c1-2-3-4-5-6-7-8-9-10-11-12-13-14-15-16-19-22-25-23-20-17-18-21-24-25;1-2-3-4-5-6-7-8-9-10-11-12-13-14-17-20-23-21-18-15-16-19-22-23;1-2-3-4-5-6-7-8-9-10-11-12-15-18-21-19-16-13-14-17-20-21;1-2-3-4-5-6-7-8-9-12-15-18-16-13-10-11-14-17-18/h2-24H2,1H3;2-22H2,1H3;2-20H2,1H3;2-17H2,1H3. The van der Waals surface area contributed by atoms with E-state index in [9.17, 15) is 0 Å². The smallest absolute Gasteiger partial charge is 0.00187 e. The average molecular weight is 1220 g/mol. The van der Waals surface area contributed by atoms with E-state index in [1.807, 2.05) is 0 Å². The van der Waals surface area contributed by atoms with E-state index in [0.29, 0.717) is 0 Å². The van der Waals surface area contributed by atoms with E-state index in [0.717, 1.165) is 0 Å². The Morgan fingerprint density at radius 3 is 0.345 bits per heavy atom. The van der Waals surface area contributed by atoms with Gasteiger partial charge in [-0.3, -0.25) is 0 Å². The van der Waals surface area contributed by atoms with Gasteiger partial charge in [0.05, 0.1) is 0 Å². The third-order valence-corrected chi connectivity index (χ3v) is 20.9. The molecule has 4 heterocycles. The SMILES string of the molecule is CCCCCCCCCCCCCCCCCCN1CCCCCC1.CCCCCCCCCCCCCCCCN1CCCCCC1.CCCCCCCCCCCCCCN1CCCCCC1.CCCCCCCCCCCN1CCCCCC1. The zero-order chi connectivity index (χ0) is 62.2. The van der Waals surface area contributed by atoms with E-state index in [-0.39, 0.29) is 0 Å². The van der Waals surface area contributed by atoms with E-state index < -0.39 is 0 Å². The van der Waals surface area contributed by atoms with Gasteiger partial charge in [-0.1, -0.05) is 381 Å². The summed E-state index contributed by atoms with van der Waals surface area (Å²) in [5, 5.41) is 0. The summed E-state index contributed by atoms with van der Waals surface area (Å²) in [7, 11) is 0. The molecule has 0 aliphatic carbocycles. The topological polar surface area (TPSA) is 13.0 Å². The van der Waals surface area contributed by atoms with Crippen molar-refractivity contribution < 1.29 is 0 Å². The second-order valence-corrected chi connectivity index (χ2v) is 29.6. The van der Waals surface area contributed by atoms with Gasteiger partial charge in [0.15, 0.2) is 0 Å². The highest BCUT2D eigenvalue weighted by atomic mass is 15.1. The van der Waals surface area contributed by atoms with Crippen LogP contribution in [0.5, 0.6) is 0 Å². The van der Waals surface area contributed by atoms with Crippen molar-refractivity contribution in [3.63, 3.8) is 0 Å². The zero-order valence-electron chi connectivity index (χ0n) is 61.7. The molecule has 4 heteroatoms. The van der Waals surface area contributed by atoms with Crippen molar-refractivity contribution in [1.82, 2.24) is 19.6 Å². The molecule has 0 unspecified atom stereocenters. The van der Waals surface area contributed by atoms with Crippen LogP contribution >= 0.6 is 0 Å². The highest BCUT2D eigenvalue weighted by Gasteiger charge is 2.12. The first-order valence-corrected chi connectivity index (χ1v) is 42.1. The lowest BCUT2D eigenvalue weighted by Gasteiger charge is -2.19. The molecule has 0 aromatic rings. The number of unbranched alkanes of at least 4 members (excludes halogenated alkanes) is 47. The van der Waals surface area contributed by atoms with Crippen molar-refractivity contribution in [3.05, 3.63) is 0 Å². The molecule has 0 spiro atoms. The number of hydrogen-bond donors (Lipinski definition) is 0. The lowest BCUT2D eigenvalue weighted by atomic mass is 10.0. The van der Waals surface area contributed by atoms with Gasteiger partial charge < -0.3 is 19.6 Å². The maximum atomic E-state index is 2.72. The molecule has 0 saturated carbocycles. The summed E-state index contributed by atoms with van der Waals surface area (Å²) in [5.74, 6) is 0. The number of rotatable bonds is 55. The van der Waals surface area contributed by atoms with Gasteiger partial charge in [0.1, 0.15) is 0 Å². The second kappa shape index (κ2) is 74.9. The van der Waals surface area contributed by atoms with Crippen LogP contribution in [0.1, 0.15) is 458 Å². The van der Waals surface area contributed by atoms with Crippen LogP contribution in [0.2, 0.25) is 0 Å². The van der Waals surface area contributed by atoms with Crippen molar-refractivity contribution in [1.29, 1.82) is 0 Å². The fourth-order valence-corrected chi connectivity index (χ4v) is 14.7. The highest BCUT2D eigenvalue weighted by molar-refractivity contribution is 4.67. The minimum Gasteiger partial charge on any atom is -0.303 e. The molecule has 522 valence electrons. The Hall–Kier alpha value is -0.160. The van der Waals surface area contributed by atoms with Gasteiger partial charge in [-0.05, 0) is 156 Å². The van der Waals surface area contributed by atoms with Crippen LogP contribution in [0.3, 0.4) is 0 Å². The monoisotopic (exact) mass is 1220 g/mol. The predicted octanol–water partition coefficient (Wildman–Crippen LogP) is 27.4. The van der Waals surface area contributed by atoms with Gasteiger partial charge in [0.25, 0.3) is 0 Å². The number of likely N-dealkylation sites (tertiary alicyclic amines) is 4. The van der Waals surface area contributed by atoms with E-state index in [4.69, 9.17) is 0 Å². The maximum Gasteiger partial charge on any atom is -0.00187 e. The van der Waals surface area contributed by atoms with Crippen LogP contribution < -0.4 is 0 Å². The first-order chi connectivity index (χ1) is 43.2. The average Bonchev–Trinajstić information content (AvgIpc) is 4.19. The van der Waals surface area contributed by atoms with Crippen molar-refractivity contribution in [2.24, 2.45) is 0 Å². The summed E-state index contributed by atoms with van der Waals surface area (Å²) >= 11 is 0. The molecular formula is C83H170N4. The fraction of sp³-hybridized carbons (Fsp3) is 1.00. The van der Waals surface area contributed by atoms with Crippen LogP contribution in [-0.2, 0) is 0 Å². The van der Waals surface area contributed by atoms with Gasteiger partial charge in [0, 0.05) is 0 Å². The summed E-state index contributed by atoms with van der Waals surface area (Å²) in [6.07, 6.45) is 98.0. The van der Waals surface area contributed by atoms with Gasteiger partial charge in [-0.25, -0.2) is 0 Å². The maximum absolute atomic E-state index is 2.72. The molecule has 4 aliphatic rings. The molecule has 0 aromatic heterocycles. The van der Waals surface area contributed by atoms with Crippen molar-refractivity contribution in [2.45, 2.75) is 458 Å². The van der Waals surface area contributed by atoms with Crippen molar-refractivity contribution in [3.8, 4) is 0 Å². The van der Waals surface area contributed by atoms with Gasteiger partial charge in [0.2, 0.25) is 0 Å². The van der Waals surface area contributed by atoms with Gasteiger partial charge in [-0.2, -0.15) is 0 Å². The van der Waals surface area contributed by atoms with Crippen molar-refractivity contribution in [2.75, 3.05) is 78.5 Å². The van der Waals surface area contributed by atoms with E-state index in [1.54, 1.807) is 0 Å². The molecule has 4 fully saturated rings. The van der Waals surface area contributed by atoms with E-state index in [1.165, 1.54) is 509 Å². The molecule has 0 aromatic carbocycles. The molecule has 0 bridgehead atoms. The largest absolute Gasteiger partial charge is 0.303 e. The van der Waals surface area contributed by atoms with Crippen LogP contribution in [0.25, 0.3) is 0 Å². The minimum absolute atomic E-state index is 1.37. The normalized spacial score (nSPS) is 16.8. The summed E-state index contributed by atoms with van der Waals surface area (Å²) < 4.78 is 0. The first kappa shape index (κ1) is 84.9. The third kappa shape index (κ3) is 67.1. The molecule has 4 aliphatic heterocycles. The van der Waals surface area contributed by atoms with E-state index >= 15 is 0 Å². The Morgan fingerprint density at radius 2 is 0.230 bits per heavy atom. The number of hydrogen-bond acceptors (Lipinski definition) is 4. The Morgan fingerprint density at radius 1 is 0.126 bits per heavy atom. The minimum atomic E-state index is 1.37. The molecule has 0 amide bonds. The molecule has 87 heavy (non-hydrogen) atoms. The molecule has 0 N–H and O–H groups in total. The molecular weight excluding hydrogens is 1050 g/mol. The van der Waals surface area contributed by atoms with Gasteiger partial charge >= 0.3 is 0 Å². The lowest BCUT2D eigenvalue weighted by Crippen LogP contribution is -2.25. The quantitative estimate of drug-likeness (QED) is 0.0563. The van der Waals surface area contributed by atoms with Crippen LogP contribution in [0.4, 0.5) is 0 Å². The Bertz CT molecular complexity index is 1180. The predicted molar refractivity (Wildman–Crippen MR) is 398 cm³/mol. The molecule has 4 nitrogen and oxygen atoms in total. The van der Waals surface area contributed by atoms with Crippen LogP contribution in [-0.4, -0.2) is 98.1 Å². The molecule has 4 saturated heterocycles. The number of nitrogens with zero attached hydrogens (tertiary/aromatic N) is 4. The summed E-state index contributed by atoms with van der Waals surface area (Å²) in [6.45, 7) is 25.7. The summed E-state index contributed by atoms with van der Waals surface area (Å²) in [4.78, 5) is 10.8. The van der Waals surface area contributed by atoms with Crippen LogP contribution in [0.15, 0.2) is 0 Å². The van der Waals surface area contributed by atoms with Crippen LogP contribution in [0, 0.1) is 0 Å². The Labute approximate surface area is 553 Å². The fourth-order valence-electron chi connectivity index (χ4n) is 14.7.